The van der Waals surface area contributed by atoms with Crippen LogP contribution in [-0.4, -0.2) is 46.1 Å². The smallest absolute Gasteiger partial charge is 0.193 e. The van der Waals surface area contributed by atoms with Crippen molar-refractivity contribution >= 4 is 11.9 Å². The second-order valence-electron chi connectivity index (χ2n) is 7.13. The summed E-state index contributed by atoms with van der Waals surface area (Å²) in [6, 6.07) is 6.85. The first-order valence-electron chi connectivity index (χ1n) is 9.98. The van der Waals surface area contributed by atoms with Gasteiger partial charge < -0.3 is 28.8 Å². The number of phenols is 1. The van der Waals surface area contributed by atoms with E-state index in [0.29, 0.717) is 29.2 Å². The molecule has 32 heavy (non-hydrogen) atoms. The molecule has 2 aromatic rings. The van der Waals surface area contributed by atoms with E-state index in [1.54, 1.807) is 30.3 Å². The van der Waals surface area contributed by atoms with Crippen molar-refractivity contribution in [1.82, 2.24) is 0 Å². The van der Waals surface area contributed by atoms with Crippen molar-refractivity contribution in [3.05, 3.63) is 58.7 Å². The van der Waals surface area contributed by atoms with Crippen LogP contribution in [0.2, 0.25) is 0 Å². The molecule has 172 valence electrons. The average Bonchev–Trinajstić information content (AvgIpc) is 2.79. The third kappa shape index (κ3) is 6.04. The lowest BCUT2D eigenvalue weighted by atomic mass is 9.99. The number of carbonyl (C=O) groups is 1. The number of phenolic OH excluding ortho intramolecular Hbond substituents is 1. The maximum Gasteiger partial charge on any atom is 0.193 e. The van der Waals surface area contributed by atoms with Crippen LogP contribution in [0.25, 0.3) is 6.08 Å². The van der Waals surface area contributed by atoms with Crippen molar-refractivity contribution in [2.45, 2.75) is 20.3 Å². The molecule has 0 saturated heterocycles. The van der Waals surface area contributed by atoms with Crippen LogP contribution in [-0.2, 0) is 11.2 Å². The Balaban J connectivity index is 2.41. The zero-order chi connectivity index (χ0) is 23.7. The summed E-state index contributed by atoms with van der Waals surface area (Å²) in [6.45, 7) is 4.01. The molecule has 0 spiro atoms. The summed E-state index contributed by atoms with van der Waals surface area (Å²) >= 11 is 0. The van der Waals surface area contributed by atoms with E-state index in [1.807, 2.05) is 19.9 Å². The Morgan fingerprint density at radius 3 is 2.22 bits per heavy atom. The fourth-order valence-corrected chi connectivity index (χ4v) is 3.03. The van der Waals surface area contributed by atoms with E-state index in [4.69, 9.17) is 23.7 Å². The molecule has 0 heterocycles. The van der Waals surface area contributed by atoms with Gasteiger partial charge in [-0.05, 0) is 44.0 Å². The number of ether oxygens (including phenoxy) is 5. The first-order valence-corrected chi connectivity index (χ1v) is 9.98. The first kappa shape index (κ1) is 24.8. The first-order chi connectivity index (χ1) is 15.4. The summed E-state index contributed by atoms with van der Waals surface area (Å²) in [5.74, 6) is 1.15. The minimum atomic E-state index is -0.404. The molecule has 0 unspecified atom stereocenters. The van der Waals surface area contributed by atoms with Gasteiger partial charge in [-0.1, -0.05) is 23.8 Å². The number of aromatic hydroxyl groups is 1. The van der Waals surface area contributed by atoms with Crippen LogP contribution in [0, 0.1) is 0 Å². The highest BCUT2D eigenvalue weighted by molar-refractivity contribution is 6.11. The molecule has 0 aromatic heterocycles. The van der Waals surface area contributed by atoms with Gasteiger partial charge in [0.05, 0.1) is 21.3 Å². The molecule has 0 fully saturated rings. The standard InChI is InChI=1S/C25H30O7/c1-16(2)7-10-18-21(29-4)14-23(31-6)24(25(18)27)19(26)11-8-17-9-12-20(32-15-28-3)22(13-17)30-5/h7-9,11-14,27H,10,15H2,1-6H3. The van der Waals surface area contributed by atoms with Crippen molar-refractivity contribution < 1.29 is 33.6 Å². The van der Waals surface area contributed by atoms with Crippen molar-refractivity contribution in [3.63, 3.8) is 0 Å². The molecule has 7 nitrogen and oxygen atoms in total. The van der Waals surface area contributed by atoms with Crippen LogP contribution in [0.1, 0.15) is 35.3 Å². The maximum atomic E-state index is 13.0. The molecular weight excluding hydrogens is 412 g/mol. The predicted molar refractivity (Wildman–Crippen MR) is 123 cm³/mol. The van der Waals surface area contributed by atoms with Crippen molar-refractivity contribution in [3.8, 4) is 28.7 Å². The number of hydrogen-bond donors (Lipinski definition) is 1. The number of methoxy groups -OCH3 is 4. The van der Waals surface area contributed by atoms with E-state index in [1.165, 1.54) is 34.5 Å². The number of benzene rings is 2. The van der Waals surface area contributed by atoms with Crippen molar-refractivity contribution in [2.75, 3.05) is 35.2 Å². The van der Waals surface area contributed by atoms with Gasteiger partial charge in [-0.15, -0.1) is 0 Å². The van der Waals surface area contributed by atoms with E-state index in [-0.39, 0.29) is 23.9 Å². The van der Waals surface area contributed by atoms with Gasteiger partial charge in [0.25, 0.3) is 0 Å². The van der Waals surface area contributed by atoms with Crippen molar-refractivity contribution in [1.29, 1.82) is 0 Å². The molecule has 0 aliphatic heterocycles. The third-order valence-electron chi connectivity index (χ3n) is 4.68. The number of carbonyl (C=O) groups excluding carboxylic acids is 1. The summed E-state index contributed by atoms with van der Waals surface area (Å²) in [4.78, 5) is 13.0. The molecule has 0 atom stereocenters. The summed E-state index contributed by atoms with van der Waals surface area (Å²) < 4.78 is 26.4. The highest BCUT2D eigenvalue weighted by Gasteiger charge is 2.22. The highest BCUT2D eigenvalue weighted by Crippen LogP contribution is 2.39. The van der Waals surface area contributed by atoms with Gasteiger partial charge in [-0.25, -0.2) is 0 Å². The quantitative estimate of drug-likeness (QED) is 0.231. The molecular formula is C25H30O7. The summed E-state index contributed by atoms with van der Waals surface area (Å²) in [6.07, 6.45) is 5.38. The van der Waals surface area contributed by atoms with Gasteiger partial charge in [0.1, 0.15) is 22.8 Å². The van der Waals surface area contributed by atoms with Crippen LogP contribution < -0.4 is 18.9 Å². The molecule has 0 aliphatic carbocycles. The van der Waals surface area contributed by atoms with Crippen LogP contribution in [0.15, 0.2) is 42.0 Å². The minimum Gasteiger partial charge on any atom is -0.507 e. The zero-order valence-electron chi connectivity index (χ0n) is 19.4. The third-order valence-corrected chi connectivity index (χ3v) is 4.68. The molecule has 0 amide bonds. The van der Waals surface area contributed by atoms with Gasteiger partial charge >= 0.3 is 0 Å². The lowest BCUT2D eigenvalue weighted by Crippen LogP contribution is -2.04. The summed E-state index contributed by atoms with van der Waals surface area (Å²) in [5.41, 5.74) is 2.40. The lowest BCUT2D eigenvalue weighted by Gasteiger charge is -2.15. The Kier molecular flexibility index (Phi) is 9.16. The van der Waals surface area contributed by atoms with Gasteiger partial charge in [0.2, 0.25) is 0 Å². The molecule has 1 N–H and O–H groups in total. The van der Waals surface area contributed by atoms with Crippen molar-refractivity contribution in [2.24, 2.45) is 0 Å². The van der Waals surface area contributed by atoms with E-state index in [2.05, 4.69) is 0 Å². The van der Waals surface area contributed by atoms with E-state index >= 15 is 0 Å². The fourth-order valence-electron chi connectivity index (χ4n) is 3.03. The predicted octanol–water partition coefficient (Wildman–Crippen LogP) is 4.81. The monoisotopic (exact) mass is 442 g/mol. The molecule has 0 bridgehead atoms. The number of rotatable bonds is 11. The number of hydrogen-bond acceptors (Lipinski definition) is 7. The SMILES string of the molecule is COCOc1ccc(C=CC(=O)c2c(OC)cc(OC)c(CC=C(C)C)c2O)cc1OC. The largest absolute Gasteiger partial charge is 0.507 e. The number of allylic oxidation sites excluding steroid dienone is 3. The highest BCUT2D eigenvalue weighted by atomic mass is 16.7. The Morgan fingerprint density at radius 1 is 0.938 bits per heavy atom. The van der Waals surface area contributed by atoms with Gasteiger partial charge in [-0.3, -0.25) is 4.79 Å². The number of ketones is 1. The van der Waals surface area contributed by atoms with Crippen LogP contribution >= 0.6 is 0 Å². The molecule has 0 radical (unpaired) electrons. The second kappa shape index (κ2) is 11.8. The van der Waals surface area contributed by atoms with Crippen LogP contribution in [0.3, 0.4) is 0 Å². The topological polar surface area (TPSA) is 83.5 Å². The van der Waals surface area contributed by atoms with Gasteiger partial charge in [0, 0.05) is 18.7 Å². The lowest BCUT2D eigenvalue weighted by molar-refractivity contribution is 0.0491. The van der Waals surface area contributed by atoms with Gasteiger partial charge in [-0.2, -0.15) is 0 Å². The molecule has 7 heteroatoms. The van der Waals surface area contributed by atoms with Crippen LogP contribution in [0.5, 0.6) is 28.7 Å². The molecule has 0 saturated carbocycles. The minimum absolute atomic E-state index is 0.0775. The Bertz CT molecular complexity index is 1000. The zero-order valence-corrected chi connectivity index (χ0v) is 19.4. The fraction of sp³-hybridized carbons (Fsp3) is 0.320. The van der Waals surface area contributed by atoms with E-state index < -0.39 is 5.78 Å². The van der Waals surface area contributed by atoms with Gasteiger partial charge in [0.15, 0.2) is 24.1 Å². The Morgan fingerprint density at radius 2 is 1.62 bits per heavy atom. The Labute approximate surface area is 188 Å². The molecule has 2 rings (SSSR count). The van der Waals surface area contributed by atoms with E-state index in [9.17, 15) is 9.90 Å². The Hall–Kier alpha value is -3.45. The normalized spacial score (nSPS) is 10.7. The van der Waals surface area contributed by atoms with E-state index in [0.717, 1.165) is 11.1 Å². The summed E-state index contributed by atoms with van der Waals surface area (Å²) in [7, 11) is 6.01. The summed E-state index contributed by atoms with van der Waals surface area (Å²) in [5, 5.41) is 10.9. The average molecular weight is 443 g/mol. The molecule has 2 aromatic carbocycles. The second-order valence-corrected chi connectivity index (χ2v) is 7.13. The molecule has 0 aliphatic rings. The van der Waals surface area contributed by atoms with Crippen LogP contribution in [0.4, 0.5) is 0 Å². The maximum absolute atomic E-state index is 13.0.